The summed E-state index contributed by atoms with van der Waals surface area (Å²) < 4.78 is 0. The van der Waals surface area contributed by atoms with Crippen molar-refractivity contribution in [1.82, 2.24) is 9.80 Å². The molecule has 6 heteroatoms. The molecule has 2 aromatic carbocycles. The van der Waals surface area contributed by atoms with Gasteiger partial charge < -0.3 is 9.80 Å². The summed E-state index contributed by atoms with van der Waals surface area (Å²) in [6.45, 7) is 2.89. The first kappa shape index (κ1) is 24.5. The lowest BCUT2D eigenvalue weighted by molar-refractivity contribution is -0.130. The van der Waals surface area contributed by atoms with Crippen molar-refractivity contribution in [2.45, 2.75) is 18.9 Å². The molecule has 2 aromatic rings. The molecule has 164 valence electrons. The number of likely N-dealkylation sites (tertiary alicyclic amines) is 2. The third-order valence-electron chi connectivity index (χ3n) is 6.47. The third-order valence-corrected chi connectivity index (χ3v) is 6.47. The molecule has 30 heavy (non-hydrogen) atoms. The van der Waals surface area contributed by atoms with Crippen LogP contribution in [-0.4, -0.2) is 56.5 Å². The lowest BCUT2D eigenvalue weighted by atomic mass is 9.90. The average Bonchev–Trinajstić information content (AvgIpc) is 3.23. The lowest BCUT2D eigenvalue weighted by Gasteiger charge is -2.27. The molecule has 3 atom stereocenters. The summed E-state index contributed by atoms with van der Waals surface area (Å²) in [4.78, 5) is 19.5. The maximum Gasteiger partial charge on any atom is 0.222 e. The van der Waals surface area contributed by atoms with Crippen molar-refractivity contribution in [3.05, 3.63) is 65.7 Å². The largest absolute Gasteiger partial charge is 0.378 e. The fourth-order valence-corrected chi connectivity index (χ4v) is 4.98. The van der Waals surface area contributed by atoms with Gasteiger partial charge in [-0.1, -0.05) is 42.5 Å². The van der Waals surface area contributed by atoms with Crippen LogP contribution in [0, 0.1) is 11.8 Å². The van der Waals surface area contributed by atoms with E-state index in [1.54, 1.807) is 0 Å². The first-order chi connectivity index (χ1) is 13.5. The van der Waals surface area contributed by atoms with Gasteiger partial charge in [-0.05, 0) is 42.6 Å². The predicted molar refractivity (Wildman–Crippen MR) is 129 cm³/mol. The second-order valence-corrected chi connectivity index (χ2v) is 8.58. The third kappa shape index (κ3) is 5.11. The van der Waals surface area contributed by atoms with E-state index in [9.17, 15) is 4.79 Å². The average molecular weight is 450 g/mol. The summed E-state index contributed by atoms with van der Waals surface area (Å²) in [5.41, 5.74) is 3.81. The Kier molecular flexibility index (Phi) is 8.60. The zero-order chi connectivity index (χ0) is 19.7. The van der Waals surface area contributed by atoms with E-state index in [1.807, 2.05) is 14.1 Å². The first-order valence-electron chi connectivity index (χ1n) is 10.3. The number of carbonyl (C=O) groups is 1. The van der Waals surface area contributed by atoms with Crippen molar-refractivity contribution in [1.29, 1.82) is 0 Å². The highest BCUT2D eigenvalue weighted by molar-refractivity contribution is 5.85. The Morgan fingerprint density at radius 3 is 2.27 bits per heavy atom. The summed E-state index contributed by atoms with van der Waals surface area (Å²) in [5.74, 6) is 1.45. The predicted octanol–water partition coefficient (Wildman–Crippen LogP) is 4.29. The number of amides is 1. The SMILES string of the molecule is CN(C)c1ccc(CCC(=O)N2C[C@@H]3CN(C)[C@@H](c4ccccc4)[C@@H]3C2)cc1.Cl.Cl. The van der Waals surface area contributed by atoms with Gasteiger partial charge in [-0.25, -0.2) is 0 Å². The highest BCUT2D eigenvalue weighted by Gasteiger charge is 2.46. The van der Waals surface area contributed by atoms with Gasteiger partial charge in [-0.3, -0.25) is 9.69 Å². The quantitative estimate of drug-likeness (QED) is 0.680. The highest BCUT2D eigenvalue weighted by Crippen LogP contribution is 2.44. The molecule has 0 bridgehead atoms. The standard InChI is InChI=1S/C24H31N3O.2ClH/c1-25(2)21-12-9-18(10-13-21)11-14-23(28)27-16-20-15-26(3)24(22(20)17-27)19-7-5-4-6-8-19;;/h4-10,12-13,20,22,24H,11,14-17H2,1-3H3;2*1H/t20-,22+,24-;;/m0../s1. The van der Waals surface area contributed by atoms with E-state index in [0.717, 1.165) is 26.1 Å². The van der Waals surface area contributed by atoms with Crippen LogP contribution in [0.5, 0.6) is 0 Å². The van der Waals surface area contributed by atoms with E-state index in [-0.39, 0.29) is 24.8 Å². The molecule has 0 aliphatic carbocycles. The van der Waals surface area contributed by atoms with Gasteiger partial charge in [0, 0.05) is 57.8 Å². The zero-order valence-electron chi connectivity index (χ0n) is 18.0. The van der Waals surface area contributed by atoms with Gasteiger partial charge in [-0.15, -0.1) is 24.8 Å². The van der Waals surface area contributed by atoms with Crippen LogP contribution in [0.15, 0.2) is 54.6 Å². The van der Waals surface area contributed by atoms with Crippen molar-refractivity contribution in [2.75, 3.05) is 45.7 Å². The van der Waals surface area contributed by atoms with Crippen LogP contribution in [0.3, 0.4) is 0 Å². The molecular weight excluding hydrogens is 417 g/mol. The smallest absolute Gasteiger partial charge is 0.222 e. The minimum Gasteiger partial charge on any atom is -0.378 e. The molecule has 4 nitrogen and oxygen atoms in total. The number of hydrogen-bond donors (Lipinski definition) is 0. The summed E-state index contributed by atoms with van der Waals surface area (Å²) in [5, 5.41) is 0. The maximum atomic E-state index is 12.9. The Hall–Kier alpha value is -1.75. The van der Waals surface area contributed by atoms with Crippen LogP contribution < -0.4 is 4.90 Å². The van der Waals surface area contributed by atoms with Crippen LogP contribution in [0.4, 0.5) is 5.69 Å². The number of anilines is 1. The highest BCUT2D eigenvalue weighted by atomic mass is 35.5. The molecule has 1 amide bonds. The Morgan fingerprint density at radius 2 is 1.63 bits per heavy atom. The fourth-order valence-electron chi connectivity index (χ4n) is 4.98. The van der Waals surface area contributed by atoms with Gasteiger partial charge in [0.1, 0.15) is 0 Å². The van der Waals surface area contributed by atoms with Crippen LogP contribution in [0.1, 0.15) is 23.6 Å². The van der Waals surface area contributed by atoms with E-state index in [2.05, 4.69) is 76.3 Å². The number of fused-ring (bicyclic) bond motifs is 1. The zero-order valence-corrected chi connectivity index (χ0v) is 19.7. The van der Waals surface area contributed by atoms with Gasteiger partial charge >= 0.3 is 0 Å². The molecule has 0 radical (unpaired) electrons. The summed E-state index contributed by atoms with van der Waals surface area (Å²) in [7, 11) is 6.31. The number of rotatable bonds is 5. The van der Waals surface area contributed by atoms with Gasteiger partial charge in [0.25, 0.3) is 0 Å². The number of benzene rings is 2. The first-order valence-corrected chi connectivity index (χ1v) is 10.3. The number of hydrogen-bond acceptors (Lipinski definition) is 3. The number of carbonyl (C=O) groups excluding carboxylic acids is 1. The molecule has 2 fully saturated rings. The van der Waals surface area contributed by atoms with E-state index in [4.69, 9.17) is 0 Å². The molecule has 0 aromatic heterocycles. The number of halogens is 2. The van der Waals surface area contributed by atoms with E-state index < -0.39 is 0 Å². The van der Waals surface area contributed by atoms with E-state index in [0.29, 0.717) is 30.2 Å². The van der Waals surface area contributed by atoms with Crippen molar-refractivity contribution in [3.63, 3.8) is 0 Å². The summed E-state index contributed by atoms with van der Waals surface area (Å²) >= 11 is 0. The second kappa shape index (κ2) is 10.5. The van der Waals surface area contributed by atoms with Crippen LogP contribution in [0.2, 0.25) is 0 Å². The fraction of sp³-hybridized carbons (Fsp3) is 0.458. The number of aryl methyl sites for hydroxylation is 1. The molecule has 0 N–H and O–H groups in total. The number of nitrogens with zero attached hydrogens (tertiary/aromatic N) is 3. The molecule has 0 unspecified atom stereocenters. The van der Waals surface area contributed by atoms with E-state index in [1.165, 1.54) is 16.8 Å². The maximum absolute atomic E-state index is 12.9. The van der Waals surface area contributed by atoms with Crippen molar-refractivity contribution in [2.24, 2.45) is 11.8 Å². The Labute approximate surface area is 193 Å². The van der Waals surface area contributed by atoms with Gasteiger partial charge in [-0.2, -0.15) is 0 Å². The van der Waals surface area contributed by atoms with Gasteiger partial charge in [0.05, 0.1) is 0 Å². The molecule has 2 saturated heterocycles. The Bertz CT molecular complexity index is 813. The molecule has 2 heterocycles. The van der Waals surface area contributed by atoms with Gasteiger partial charge in [0.15, 0.2) is 0 Å². The molecule has 0 saturated carbocycles. The summed E-state index contributed by atoms with van der Waals surface area (Å²) in [6, 6.07) is 19.7. The Morgan fingerprint density at radius 1 is 0.967 bits per heavy atom. The van der Waals surface area contributed by atoms with E-state index >= 15 is 0 Å². The molecule has 2 aliphatic heterocycles. The minimum atomic E-state index is 0. The van der Waals surface area contributed by atoms with Crippen LogP contribution in [-0.2, 0) is 11.2 Å². The monoisotopic (exact) mass is 449 g/mol. The normalized spacial score (nSPS) is 22.8. The summed E-state index contributed by atoms with van der Waals surface area (Å²) in [6.07, 6.45) is 1.42. The molecule has 2 aliphatic rings. The van der Waals surface area contributed by atoms with Crippen LogP contribution >= 0.6 is 24.8 Å². The molecule has 4 rings (SSSR count). The van der Waals surface area contributed by atoms with Crippen molar-refractivity contribution >= 4 is 36.4 Å². The lowest BCUT2D eigenvalue weighted by Crippen LogP contribution is -2.33. The minimum absolute atomic E-state index is 0. The topological polar surface area (TPSA) is 26.8 Å². The van der Waals surface area contributed by atoms with Gasteiger partial charge in [0.2, 0.25) is 5.91 Å². The van der Waals surface area contributed by atoms with Crippen LogP contribution in [0.25, 0.3) is 0 Å². The second-order valence-electron chi connectivity index (χ2n) is 8.58. The molecule has 0 spiro atoms. The molecular formula is C24H33Cl2N3O. The van der Waals surface area contributed by atoms with Crippen molar-refractivity contribution < 1.29 is 4.79 Å². The Balaban J connectivity index is 0.00000160. The van der Waals surface area contributed by atoms with Crippen molar-refractivity contribution in [3.8, 4) is 0 Å².